The number of carboxylic acids is 1. The largest absolute Gasteiger partial charge is 0.476 e. The Hall–Kier alpha value is -1.47. The molecule has 0 bridgehead atoms. The van der Waals surface area contributed by atoms with Crippen molar-refractivity contribution in [2.45, 2.75) is 32.7 Å². The van der Waals surface area contributed by atoms with Gasteiger partial charge >= 0.3 is 5.97 Å². The van der Waals surface area contributed by atoms with Crippen LogP contribution in [0.3, 0.4) is 0 Å². The number of nitrogens with two attached hydrogens (primary N) is 1. The maximum Gasteiger partial charge on any atom is 0.355 e. The minimum atomic E-state index is -1.04. The van der Waals surface area contributed by atoms with Crippen LogP contribution in [-0.2, 0) is 11.2 Å². The Labute approximate surface area is 116 Å². The van der Waals surface area contributed by atoms with Crippen molar-refractivity contribution in [3.8, 4) is 0 Å². The lowest BCUT2D eigenvalue weighted by Crippen LogP contribution is -2.42. The van der Waals surface area contributed by atoms with E-state index in [9.17, 15) is 9.59 Å². The van der Waals surface area contributed by atoms with Gasteiger partial charge in [0.05, 0.1) is 11.0 Å². The van der Waals surface area contributed by atoms with Gasteiger partial charge in [-0.2, -0.15) is 0 Å². The number of aromatic nitrogens is 1. The molecular formula is C12H19N3O3S. The molecule has 1 unspecified atom stereocenters. The third-order valence-corrected chi connectivity index (χ3v) is 3.38. The van der Waals surface area contributed by atoms with E-state index in [4.69, 9.17) is 10.8 Å². The Morgan fingerprint density at radius 3 is 2.74 bits per heavy atom. The van der Waals surface area contributed by atoms with Gasteiger partial charge in [0.25, 0.3) is 0 Å². The lowest BCUT2D eigenvalue weighted by molar-refractivity contribution is -0.122. The fraction of sp³-hybridized carbons (Fsp3) is 0.583. The smallest absolute Gasteiger partial charge is 0.355 e. The molecule has 4 N–H and O–H groups in total. The van der Waals surface area contributed by atoms with E-state index in [0.717, 1.165) is 0 Å². The lowest BCUT2D eigenvalue weighted by Gasteiger charge is -2.13. The molecule has 19 heavy (non-hydrogen) atoms. The second kappa shape index (κ2) is 7.20. The molecule has 1 rings (SSSR count). The summed E-state index contributed by atoms with van der Waals surface area (Å²) in [4.78, 5) is 26.2. The second-order valence-corrected chi connectivity index (χ2v) is 5.65. The first kappa shape index (κ1) is 15.6. The van der Waals surface area contributed by atoms with Crippen LogP contribution in [0, 0.1) is 5.92 Å². The number of aromatic carboxylic acids is 1. The summed E-state index contributed by atoms with van der Waals surface area (Å²) >= 11 is 1.27. The molecule has 0 aliphatic rings. The highest BCUT2D eigenvalue weighted by atomic mass is 32.1. The molecule has 1 atom stereocenters. The number of carbonyl (C=O) groups excluding carboxylic acids is 1. The monoisotopic (exact) mass is 285 g/mol. The number of amides is 1. The van der Waals surface area contributed by atoms with Gasteiger partial charge in [0.15, 0.2) is 5.69 Å². The molecule has 1 aromatic heterocycles. The predicted molar refractivity (Wildman–Crippen MR) is 73.2 cm³/mol. The predicted octanol–water partition coefficient (Wildman–Crippen LogP) is 0.873. The molecule has 0 aliphatic heterocycles. The molecule has 0 saturated carbocycles. The van der Waals surface area contributed by atoms with Gasteiger partial charge in [0.2, 0.25) is 5.91 Å². The minimum Gasteiger partial charge on any atom is -0.476 e. The summed E-state index contributed by atoms with van der Waals surface area (Å²) in [6.45, 7) is 4.43. The summed E-state index contributed by atoms with van der Waals surface area (Å²) in [5.41, 5.74) is 5.78. The van der Waals surface area contributed by atoms with Crippen LogP contribution in [0.15, 0.2) is 5.38 Å². The maximum atomic E-state index is 11.6. The maximum absolute atomic E-state index is 11.6. The molecule has 0 aliphatic carbocycles. The number of nitrogens with one attached hydrogen (secondary N) is 1. The standard InChI is InChI=1S/C12H19N3O3S/c1-7(2)5-8(13)11(16)14-4-3-10-15-9(6-19-10)12(17)18/h6-8H,3-5,13H2,1-2H3,(H,14,16)(H,17,18). The first-order valence-corrected chi connectivity index (χ1v) is 6.99. The lowest BCUT2D eigenvalue weighted by atomic mass is 10.0. The van der Waals surface area contributed by atoms with Crippen LogP contribution in [0.4, 0.5) is 0 Å². The van der Waals surface area contributed by atoms with Gasteiger partial charge in [0, 0.05) is 18.3 Å². The third-order valence-electron chi connectivity index (χ3n) is 2.47. The average molecular weight is 285 g/mol. The first-order valence-electron chi connectivity index (χ1n) is 6.11. The van der Waals surface area contributed by atoms with Gasteiger partial charge in [0.1, 0.15) is 0 Å². The van der Waals surface area contributed by atoms with E-state index >= 15 is 0 Å². The number of carbonyl (C=O) groups is 2. The van der Waals surface area contributed by atoms with E-state index in [1.807, 2.05) is 13.8 Å². The minimum absolute atomic E-state index is 0.0443. The van der Waals surface area contributed by atoms with Crippen molar-refractivity contribution in [1.82, 2.24) is 10.3 Å². The molecule has 1 amide bonds. The highest BCUT2D eigenvalue weighted by Crippen LogP contribution is 2.10. The summed E-state index contributed by atoms with van der Waals surface area (Å²) in [6.07, 6.45) is 1.16. The van der Waals surface area contributed by atoms with Crippen LogP contribution >= 0.6 is 11.3 Å². The first-order chi connectivity index (χ1) is 8.90. The summed E-state index contributed by atoms with van der Waals surface area (Å²) < 4.78 is 0. The number of thiazole rings is 1. The Bertz CT molecular complexity index is 445. The van der Waals surface area contributed by atoms with Gasteiger partial charge in [-0.3, -0.25) is 4.79 Å². The van der Waals surface area contributed by atoms with Gasteiger partial charge < -0.3 is 16.2 Å². The third kappa shape index (κ3) is 5.35. The topological polar surface area (TPSA) is 105 Å². The summed E-state index contributed by atoms with van der Waals surface area (Å²) in [7, 11) is 0. The fourth-order valence-corrected chi connectivity index (χ4v) is 2.33. The number of carboxylic acid groups (broad SMARTS) is 1. The molecule has 0 aromatic carbocycles. The Morgan fingerprint density at radius 2 is 2.21 bits per heavy atom. The zero-order valence-corrected chi connectivity index (χ0v) is 11.9. The van der Waals surface area contributed by atoms with E-state index in [1.165, 1.54) is 16.7 Å². The highest BCUT2D eigenvalue weighted by Gasteiger charge is 2.14. The van der Waals surface area contributed by atoms with E-state index in [-0.39, 0.29) is 11.6 Å². The van der Waals surface area contributed by atoms with Crippen molar-refractivity contribution in [2.75, 3.05) is 6.54 Å². The molecule has 1 aromatic rings. The van der Waals surface area contributed by atoms with Crippen LogP contribution in [-0.4, -0.2) is 34.6 Å². The quantitative estimate of drug-likeness (QED) is 0.689. The number of hydrogen-bond acceptors (Lipinski definition) is 5. The molecule has 0 saturated heterocycles. The van der Waals surface area contributed by atoms with E-state index in [1.54, 1.807) is 0 Å². The second-order valence-electron chi connectivity index (χ2n) is 4.71. The zero-order chi connectivity index (χ0) is 14.4. The van der Waals surface area contributed by atoms with E-state index in [0.29, 0.717) is 30.3 Å². The van der Waals surface area contributed by atoms with Gasteiger partial charge in [-0.25, -0.2) is 9.78 Å². The molecule has 0 spiro atoms. The van der Waals surface area contributed by atoms with Gasteiger partial charge in [-0.1, -0.05) is 13.8 Å². The molecule has 1 heterocycles. The molecule has 6 nitrogen and oxygen atoms in total. The Balaban J connectivity index is 2.33. The number of nitrogens with zero attached hydrogens (tertiary/aromatic N) is 1. The summed E-state index contributed by atoms with van der Waals surface area (Å²) in [5, 5.41) is 13.6. The van der Waals surface area contributed by atoms with E-state index in [2.05, 4.69) is 10.3 Å². The van der Waals surface area contributed by atoms with Crippen molar-refractivity contribution in [3.63, 3.8) is 0 Å². The molecule has 7 heteroatoms. The zero-order valence-electron chi connectivity index (χ0n) is 11.0. The molecule has 0 radical (unpaired) electrons. The van der Waals surface area contributed by atoms with Crippen molar-refractivity contribution in [1.29, 1.82) is 0 Å². The Morgan fingerprint density at radius 1 is 1.53 bits per heavy atom. The van der Waals surface area contributed by atoms with E-state index < -0.39 is 12.0 Å². The SMILES string of the molecule is CC(C)CC(N)C(=O)NCCc1nc(C(=O)O)cs1. The number of rotatable bonds is 7. The average Bonchev–Trinajstić information content (AvgIpc) is 2.76. The summed E-state index contributed by atoms with van der Waals surface area (Å²) in [6, 6.07) is -0.495. The molecular weight excluding hydrogens is 266 g/mol. The van der Waals surface area contributed by atoms with Crippen molar-refractivity contribution >= 4 is 23.2 Å². The van der Waals surface area contributed by atoms with Crippen molar-refractivity contribution in [2.24, 2.45) is 11.7 Å². The van der Waals surface area contributed by atoms with Crippen LogP contribution in [0.1, 0.15) is 35.8 Å². The van der Waals surface area contributed by atoms with Crippen molar-refractivity contribution in [3.05, 3.63) is 16.1 Å². The van der Waals surface area contributed by atoms with Gasteiger partial charge in [-0.05, 0) is 12.3 Å². The molecule has 106 valence electrons. The Kier molecular flexibility index (Phi) is 5.91. The summed E-state index contributed by atoms with van der Waals surface area (Å²) in [5.74, 6) is -0.841. The van der Waals surface area contributed by atoms with Crippen LogP contribution < -0.4 is 11.1 Å². The number of hydrogen-bond donors (Lipinski definition) is 3. The highest BCUT2D eigenvalue weighted by molar-refractivity contribution is 7.09. The van der Waals surface area contributed by atoms with Crippen molar-refractivity contribution < 1.29 is 14.7 Å². The molecule has 0 fully saturated rings. The van der Waals surface area contributed by atoms with Crippen LogP contribution in [0.25, 0.3) is 0 Å². The van der Waals surface area contributed by atoms with Gasteiger partial charge in [-0.15, -0.1) is 11.3 Å². The van der Waals surface area contributed by atoms with Crippen LogP contribution in [0.2, 0.25) is 0 Å². The normalized spacial score (nSPS) is 12.4. The van der Waals surface area contributed by atoms with Crippen LogP contribution in [0.5, 0.6) is 0 Å². The fourth-order valence-electron chi connectivity index (χ4n) is 1.56.